The van der Waals surface area contributed by atoms with E-state index in [-0.39, 0.29) is 6.54 Å². The summed E-state index contributed by atoms with van der Waals surface area (Å²) in [5.74, 6) is -0.00270. The summed E-state index contributed by atoms with van der Waals surface area (Å²) in [6, 6.07) is 8.69. The molecule has 1 fully saturated rings. The lowest BCUT2D eigenvalue weighted by molar-refractivity contribution is -1.02. The maximum Gasteiger partial charge on any atom is 0.405 e. The van der Waals surface area contributed by atoms with Gasteiger partial charge >= 0.3 is 6.18 Å². The SMILES string of the molecule is CC(C)c1ccc(C[NH+]2CC[NH+](CC(=O)NCC(F)(F)F)CC2)cc1. The van der Waals surface area contributed by atoms with Crippen LogP contribution in [0.2, 0.25) is 0 Å². The van der Waals surface area contributed by atoms with Crippen LogP contribution in [0, 0.1) is 0 Å². The molecule has 0 aromatic heterocycles. The van der Waals surface area contributed by atoms with E-state index in [1.165, 1.54) is 16.0 Å². The molecule has 0 radical (unpaired) electrons. The van der Waals surface area contributed by atoms with Crippen molar-refractivity contribution in [2.75, 3.05) is 39.3 Å². The number of benzene rings is 1. The number of rotatable bonds is 6. The Morgan fingerprint density at radius 3 is 2.16 bits per heavy atom. The van der Waals surface area contributed by atoms with Crippen LogP contribution in [0.4, 0.5) is 13.2 Å². The first-order chi connectivity index (χ1) is 11.7. The topological polar surface area (TPSA) is 38.0 Å². The Morgan fingerprint density at radius 1 is 1.08 bits per heavy atom. The van der Waals surface area contributed by atoms with E-state index in [1.807, 2.05) is 5.32 Å². The van der Waals surface area contributed by atoms with Gasteiger partial charge in [0.2, 0.25) is 0 Å². The lowest BCUT2D eigenvalue weighted by Crippen LogP contribution is -3.28. The third kappa shape index (κ3) is 7.04. The fourth-order valence-electron chi connectivity index (χ4n) is 3.11. The van der Waals surface area contributed by atoms with Gasteiger partial charge in [-0.3, -0.25) is 4.79 Å². The number of hydrogen-bond donors (Lipinski definition) is 3. The van der Waals surface area contributed by atoms with E-state index in [2.05, 4.69) is 38.1 Å². The summed E-state index contributed by atoms with van der Waals surface area (Å²) in [5, 5.41) is 1.94. The number of piperazine rings is 1. The highest BCUT2D eigenvalue weighted by atomic mass is 19.4. The van der Waals surface area contributed by atoms with Crippen LogP contribution in [0.25, 0.3) is 0 Å². The minimum Gasteiger partial charge on any atom is -0.342 e. The summed E-state index contributed by atoms with van der Waals surface area (Å²) in [7, 11) is 0. The van der Waals surface area contributed by atoms with Crippen molar-refractivity contribution in [3.63, 3.8) is 0 Å². The molecular weight excluding hydrogens is 331 g/mol. The molecule has 1 aliphatic rings. The second-order valence-electron chi connectivity index (χ2n) is 7.14. The lowest BCUT2D eigenvalue weighted by Gasteiger charge is -2.29. The van der Waals surface area contributed by atoms with Crippen molar-refractivity contribution < 1.29 is 27.8 Å². The first kappa shape index (κ1) is 19.7. The Balaban J connectivity index is 1.71. The van der Waals surface area contributed by atoms with Gasteiger partial charge in [0.25, 0.3) is 5.91 Å². The molecule has 1 heterocycles. The maximum absolute atomic E-state index is 12.1. The molecule has 3 N–H and O–H groups in total. The lowest BCUT2D eigenvalue weighted by atomic mass is 10.0. The van der Waals surface area contributed by atoms with Gasteiger partial charge in [0.1, 0.15) is 39.3 Å². The van der Waals surface area contributed by atoms with E-state index in [1.54, 1.807) is 0 Å². The van der Waals surface area contributed by atoms with Crippen LogP contribution in [0.3, 0.4) is 0 Å². The molecule has 1 aliphatic heterocycles. The summed E-state index contributed by atoms with van der Waals surface area (Å²) in [6.45, 7) is 7.63. The van der Waals surface area contributed by atoms with Crippen LogP contribution in [-0.2, 0) is 11.3 Å². The average Bonchev–Trinajstić information content (AvgIpc) is 2.55. The average molecular weight is 359 g/mol. The van der Waals surface area contributed by atoms with Crippen LogP contribution in [0.1, 0.15) is 30.9 Å². The summed E-state index contributed by atoms with van der Waals surface area (Å²) in [4.78, 5) is 14.1. The van der Waals surface area contributed by atoms with Gasteiger partial charge in [0.05, 0.1) is 0 Å². The number of halogens is 3. The maximum atomic E-state index is 12.1. The highest BCUT2D eigenvalue weighted by Crippen LogP contribution is 2.14. The van der Waals surface area contributed by atoms with Crippen LogP contribution in [0.15, 0.2) is 24.3 Å². The van der Waals surface area contributed by atoms with Crippen molar-refractivity contribution in [2.24, 2.45) is 0 Å². The van der Waals surface area contributed by atoms with Crippen molar-refractivity contribution in [1.29, 1.82) is 0 Å². The molecule has 2 rings (SSSR count). The van der Waals surface area contributed by atoms with E-state index >= 15 is 0 Å². The summed E-state index contributed by atoms with van der Waals surface area (Å²) in [5.41, 5.74) is 2.63. The Hall–Kier alpha value is -1.60. The summed E-state index contributed by atoms with van der Waals surface area (Å²) < 4.78 is 36.3. The molecule has 7 heteroatoms. The highest BCUT2D eigenvalue weighted by molar-refractivity contribution is 5.76. The molecule has 0 spiro atoms. The first-order valence-corrected chi connectivity index (χ1v) is 8.82. The number of alkyl halides is 3. The van der Waals surface area contributed by atoms with Crippen LogP contribution in [-0.4, -0.2) is 51.4 Å². The van der Waals surface area contributed by atoms with Crippen molar-refractivity contribution in [3.8, 4) is 0 Å². The Bertz CT molecular complexity index is 550. The zero-order valence-corrected chi connectivity index (χ0v) is 14.9. The van der Waals surface area contributed by atoms with E-state index in [0.717, 1.165) is 37.6 Å². The quantitative estimate of drug-likeness (QED) is 0.645. The Kier molecular flexibility index (Phi) is 6.84. The van der Waals surface area contributed by atoms with Gasteiger partial charge in [0, 0.05) is 5.56 Å². The largest absolute Gasteiger partial charge is 0.405 e. The van der Waals surface area contributed by atoms with Gasteiger partial charge in [-0.15, -0.1) is 0 Å². The molecule has 4 nitrogen and oxygen atoms in total. The minimum absolute atomic E-state index is 0.118. The molecule has 140 valence electrons. The Labute approximate surface area is 147 Å². The molecule has 0 atom stereocenters. The van der Waals surface area contributed by atoms with Crippen molar-refractivity contribution >= 4 is 5.91 Å². The number of carbonyl (C=O) groups excluding carboxylic acids is 1. The standard InChI is InChI=1S/C18H26F3N3O/c1-14(2)16-5-3-15(4-6-16)11-23-7-9-24(10-8-23)12-17(25)22-13-18(19,20)21/h3-6,14H,7-13H2,1-2H3,(H,22,25)/p+2. The second kappa shape index (κ2) is 8.67. The van der Waals surface area contributed by atoms with Crippen molar-refractivity contribution in [1.82, 2.24) is 5.32 Å². The fraction of sp³-hybridized carbons (Fsp3) is 0.611. The number of quaternary nitrogens is 2. The molecular formula is C18H28F3N3O+2. The van der Waals surface area contributed by atoms with Gasteiger partial charge in [-0.2, -0.15) is 13.2 Å². The second-order valence-corrected chi connectivity index (χ2v) is 7.14. The summed E-state index contributed by atoms with van der Waals surface area (Å²) >= 11 is 0. The predicted molar refractivity (Wildman–Crippen MR) is 89.6 cm³/mol. The monoisotopic (exact) mass is 359 g/mol. The van der Waals surface area contributed by atoms with Crippen LogP contribution >= 0.6 is 0 Å². The molecule has 25 heavy (non-hydrogen) atoms. The highest BCUT2D eigenvalue weighted by Gasteiger charge is 2.29. The first-order valence-electron chi connectivity index (χ1n) is 8.82. The number of carbonyl (C=O) groups is 1. The smallest absolute Gasteiger partial charge is 0.342 e. The fourth-order valence-corrected chi connectivity index (χ4v) is 3.11. The van der Waals surface area contributed by atoms with E-state index in [0.29, 0.717) is 5.92 Å². The zero-order chi connectivity index (χ0) is 18.4. The molecule has 0 aliphatic carbocycles. The van der Waals surface area contributed by atoms with Gasteiger partial charge in [-0.05, 0) is 11.5 Å². The third-order valence-electron chi connectivity index (χ3n) is 4.66. The predicted octanol–water partition coefficient (Wildman–Crippen LogP) is -0.228. The third-order valence-corrected chi connectivity index (χ3v) is 4.66. The van der Waals surface area contributed by atoms with Gasteiger partial charge in [-0.1, -0.05) is 38.1 Å². The minimum atomic E-state index is -4.35. The van der Waals surface area contributed by atoms with Gasteiger partial charge < -0.3 is 15.1 Å². The van der Waals surface area contributed by atoms with Gasteiger partial charge in [-0.25, -0.2) is 0 Å². The zero-order valence-electron chi connectivity index (χ0n) is 14.9. The molecule has 1 amide bonds. The van der Waals surface area contributed by atoms with E-state index < -0.39 is 18.6 Å². The Morgan fingerprint density at radius 2 is 1.64 bits per heavy atom. The molecule has 0 bridgehead atoms. The van der Waals surface area contributed by atoms with Crippen LogP contribution in [0.5, 0.6) is 0 Å². The van der Waals surface area contributed by atoms with Crippen molar-refractivity contribution in [2.45, 2.75) is 32.5 Å². The number of hydrogen-bond acceptors (Lipinski definition) is 1. The van der Waals surface area contributed by atoms with Crippen LogP contribution < -0.4 is 15.1 Å². The molecule has 1 aromatic carbocycles. The van der Waals surface area contributed by atoms with E-state index in [4.69, 9.17) is 0 Å². The van der Waals surface area contributed by atoms with Crippen molar-refractivity contribution in [3.05, 3.63) is 35.4 Å². The number of amides is 1. The number of nitrogens with one attached hydrogen (secondary N) is 3. The van der Waals surface area contributed by atoms with E-state index in [9.17, 15) is 18.0 Å². The summed E-state index contributed by atoms with van der Waals surface area (Å²) in [6.07, 6.45) is -4.35. The van der Waals surface area contributed by atoms with Gasteiger partial charge in [0.15, 0.2) is 6.54 Å². The molecule has 0 unspecified atom stereocenters. The molecule has 1 aromatic rings. The molecule has 0 saturated carbocycles. The normalized spacial score (nSPS) is 21.4. The molecule has 1 saturated heterocycles.